The van der Waals surface area contributed by atoms with Crippen LogP contribution in [-0.4, -0.2) is 37.2 Å². The number of benzene rings is 1. The number of imidazole rings is 1. The molecule has 3 aromatic heterocycles. The van der Waals surface area contributed by atoms with Gasteiger partial charge in [0.05, 0.1) is 25.2 Å². The minimum atomic E-state index is -4.02. The van der Waals surface area contributed by atoms with Gasteiger partial charge in [0.1, 0.15) is 23.8 Å². The van der Waals surface area contributed by atoms with Gasteiger partial charge < -0.3 is 19.5 Å². The number of fused-ring (bicyclic) bond motifs is 1. The topological polar surface area (TPSA) is 137 Å². The van der Waals surface area contributed by atoms with Gasteiger partial charge in [0.25, 0.3) is 0 Å². The zero-order valence-corrected chi connectivity index (χ0v) is 18.3. The van der Waals surface area contributed by atoms with Crippen LogP contribution < -0.4 is 14.8 Å². The van der Waals surface area contributed by atoms with Gasteiger partial charge in [-0.3, -0.25) is 14.1 Å². The van der Waals surface area contributed by atoms with E-state index in [0.29, 0.717) is 35.6 Å². The number of pyridine rings is 1. The Hall–Kier alpha value is -3.53. The molecule has 4 aromatic rings. The van der Waals surface area contributed by atoms with Crippen molar-refractivity contribution >= 4 is 24.8 Å². The number of nitrogens with zero attached hydrogens (tertiary/aromatic N) is 5. The average Bonchev–Trinajstić information content (AvgIpc) is 3.47. The van der Waals surface area contributed by atoms with Gasteiger partial charge in [-0.25, -0.2) is 19.5 Å². The molecule has 1 aliphatic rings. The van der Waals surface area contributed by atoms with Crippen molar-refractivity contribution in [1.29, 1.82) is 0 Å². The van der Waals surface area contributed by atoms with Crippen LogP contribution in [0.1, 0.15) is 19.1 Å². The Morgan fingerprint density at radius 1 is 1.06 bits per heavy atom. The molecule has 1 saturated heterocycles. The van der Waals surface area contributed by atoms with Crippen molar-refractivity contribution in [3.8, 4) is 11.5 Å². The first-order chi connectivity index (χ1) is 16.1. The molecule has 0 spiro atoms. The number of ether oxygens (including phenoxy) is 1. The number of phosphoric ester groups is 1. The third kappa shape index (κ3) is 4.80. The second-order valence-electron chi connectivity index (χ2n) is 7.30. The SMILES string of the molecule is Nc1ncnc2c1ncn2[C@H]1CC[C@@H](COP(=O)(Oc2ccccc2)Oc2cccnc2)O1. The van der Waals surface area contributed by atoms with E-state index in [9.17, 15) is 4.57 Å². The van der Waals surface area contributed by atoms with Crippen LogP contribution in [0.5, 0.6) is 11.5 Å². The van der Waals surface area contributed by atoms with Crippen LogP contribution in [0.2, 0.25) is 0 Å². The van der Waals surface area contributed by atoms with Crippen molar-refractivity contribution < 1.29 is 22.9 Å². The molecule has 3 atom stereocenters. The average molecular weight is 468 g/mol. The highest BCUT2D eigenvalue weighted by Crippen LogP contribution is 2.50. The van der Waals surface area contributed by atoms with Crippen molar-refractivity contribution in [3.05, 3.63) is 67.5 Å². The zero-order valence-electron chi connectivity index (χ0n) is 17.4. The molecule has 1 aromatic carbocycles. The molecule has 0 bridgehead atoms. The Kier molecular flexibility index (Phi) is 5.91. The Morgan fingerprint density at radius 2 is 1.88 bits per heavy atom. The van der Waals surface area contributed by atoms with Gasteiger partial charge in [0.2, 0.25) is 0 Å². The minimum Gasteiger partial charge on any atom is -0.395 e. The van der Waals surface area contributed by atoms with Crippen molar-refractivity contribution in [2.24, 2.45) is 0 Å². The monoisotopic (exact) mass is 468 g/mol. The standard InChI is InChI=1S/C21H21N6O5P/c22-20-19-21(25-13-24-20)27(14-26-19)18-9-8-17(30-18)12-29-33(28,31-15-5-2-1-3-6-15)32-16-7-4-10-23-11-16/h1-7,10-11,13-14,17-18H,8-9,12H2,(H2,22,24,25)/t17-,18+,33?/m0/s1. The summed E-state index contributed by atoms with van der Waals surface area (Å²) < 4.78 is 38.2. The van der Waals surface area contributed by atoms with Crippen LogP contribution in [0, 0.1) is 0 Å². The summed E-state index contributed by atoms with van der Waals surface area (Å²) in [7, 11) is -4.02. The molecular formula is C21H21N6O5P. The molecule has 0 saturated carbocycles. The number of aromatic nitrogens is 5. The molecule has 0 radical (unpaired) electrons. The third-order valence-electron chi connectivity index (χ3n) is 5.01. The number of nitrogens with two attached hydrogens (primary N) is 1. The van der Waals surface area contributed by atoms with Crippen LogP contribution >= 0.6 is 7.82 Å². The van der Waals surface area contributed by atoms with Crippen LogP contribution in [-0.2, 0) is 13.8 Å². The maximum atomic E-state index is 13.4. The molecule has 12 heteroatoms. The zero-order chi connectivity index (χ0) is 22.7. The molecule has 1 unspecified atom stereocenters. The molecule has 11 nitrogen and oxygen atoms in total. The van der Waals surface area contributed by atoms with E-state index in [2.05, 4.69) is 19.9 Å². The van der Waals surface area contributed by atoms with Gasteiger partial charge in [-0.15, -0.1) is 0 Å². The summed E-state index contributed by atoms with van der Waals surface area (Å²) in [6.45, 7) is 0.00459. The van der Waals surface area contributed by atoms with Gasteiger partial charge in [-0.2, -0.15) is 0 Å². The fraction of sp³-hybridized carbons (Fsp3) is 0.238. The number of nitrogen functional groups attached to an aromatic ring is 1. The normalized spacial score (nSPS) is 19.9. The number of hydrogen-bond donors (Lipinski definition) is 1. The number of rotatable bonds is 8. The van der Waals surface area contributed by atoms with E-state index < -0.39 is 7.82 Å². The molecule has 4 heterocycles. The highest BCUT2D eigenvalue weighted by atomic mass is 31.2. The van der Waals surface area contributed by atoms with E-state index in [0.717, 1.165) is 0 Å². The number of hydrogen-bond acceptors (Lipinski definition) is 10. The van der Waals surface area contributed by atoms with E-state index in [1.807, 2.05) is 6.07 Å². The Balaban J connectivity index is 1.28. The summed E-state index contributed by atoms with van der Waals surface area (Å²) in [6, 6.07) is 12.0. The highest BCUT2D eigenvalue weighted by Gasteiger charge is 2.35. The van der Waals surface area contributed by atoms with Crippen LogP contribution in [0.25, 0.3) is 11.2 Å². The lowest BCUT2D eigenvalue weighted by molar-refractivity contribution is -0.0196. The molecule has 1 fully saturated rings. The first-order valence-corrected chi connectivity index (χ1v) is 11.7. The van der Waals surface area contributed by atoms with E-state index >= 15 is 0 Å². The smallest absolute Gasteiger partial charge is 0.395 e. The summed E-state index contributed by atoms with van der Waals surface area (Å²) in [5.41, 5.74) is 6.98. The predicted molar refractivity (Wildman–Crippen MR) is 118 cm³/mol. The lowest BCUT2D eigenvalue weighted by Crippen LogP contribution is -2.18. The number of anilines is 1. The van der Waals surface area contributed by atoms with Gasteiger partial charge in [-0.05, 0) is 37.1 Å². The molecule has 0 amide bonds. The fourth-order valence-electron chi connectivity index (χ4n) is 3.48. The molecule has 2 N–H and O–H groups in total. The summed E-state index contributed by atoms with van der Waals surface area (Å²) in [6.07, 6.45) is 6.74. The maximum Gasteiger partial charge on any atom is 0.587 e. The van der Waals surface area contributed by atoms with Gasteiger partial charge >= 0.3 is 7.82 Å². The number of para-hydroxylation sites is 1. The largest absolute Gasteiger partial charge is 0.587 e. The Morgan fingerprint density at radius 3 is 2.70 bits per heavy atom. The molecule has 33 heavy (non-hydrogen) atoms. The van der Waals surface area contributed by atoms with Gasteiger partial charge in [0.15, 0.2) is 17.2 Å². The molecular weight excluding hydrogens is 447 g/mol. The van der Waals surface area contributed by atoms with E-state index in [-0.39, 0.29) is 24.7 Å². The Bertz CT molecular complexity index is 1230. The quantitative estimate of drug-likeness (QED) is 0.381. The van der Waals surface area contributed by atoms with Crippen molar-refractivity contribution in [3.63, 3.8) is 0 Å². The fourth-order valence-corrected chi connectivity index (χ4v) is 4.72. The van der Waals surface area contributed by atoms with Crippen LogP contribution in [0.15, 0.2) is 67.5 Å². The number of phosphoric acid groups is 1. The minimum absolute atomic E-state index is 0.00459. The highest BCUT2D eigenvalue weighted by molar-refractivity contribution is 7.49. The second kappa shape index (κ2) is 9.14. The van der Waals surface area contributed by atoms with Crippen molar-refractivity contribution in [2.45, 2.75) is 25.2 Å². The van der Waals surface area contributed by atoms with E-state index in [1.54, 1.807) is 53.5 Å². The summed E-state index contributed by atoms with van der Waals surface area (Å²) in [5, 5.41) is 0. The summed E-state index contributed by atoms with van der Waals surface area (Å²) in [5.74, 6) is 0.935. The third-order valence-corrected chi connectivity index (χ3v) is 6.35. The molecule has 1 aliphatic heterocycles. The molecule has 170 valence electrons. The predicted octanol–water partition coefficient (Wildman–Crippen LogP) is 3.76. The van der Waals surface area contributed by atoms with E-state index in [1.165, 1.54) is 12.5 Å². The van der Waals surface area contributed by atoms with E-state index in [4.69, 9.17) is 24.0 Å². The summed E-state index contributed by atoms with van der Waals surface area (Å²) >= 11 is 0. The first kappa shape index (κ1) is 21.3. The maximum absolute atomic E-state index is 13.4. The second-order valence-corrected chi connectivity index (χ2v) is 8.82. The lowest BCUT2D eigenvalue weighted by atomic mass is 10.2. The van der Waals surface area contributed by atoms with Crippen LogP contribution in [0.3, 0.4) is 0 Å². The molecule has 5 rings (SSSR count). The van der Waals surface area contributed by atoms with Crippen molar-refractivity contribution in [2.75, 3.05) is 12.3 Å². The van der Waals surface area contributed by atoms with Crippen molar-refractivity contribution in [1.82, 2.24) is 24.5 Å². The van der Waals surface area contributed by atoms with Gasteiger partial charge in [0, 0.05) is 6.20 Å². The summed E-state index contributed by atoms with van der Waals surface area (Å²) in [4.78, 5) is 16.5. The lowest BCUT2D eigenvalue weighted by Gasteiger charge is -2.21. The van der Waals surface area contributed by atoms with Crippen LogP contribution in [0.4, 0.5) is 5.82 Å². The molecule has 0 aliphatic carbocycles. The first-order valence-electron chi connectivity index (χ1n) is 10.3. The van der Waals surface area contributed by atoms with Gasteiger partial charge in [-0.1, -0.05) is 18.2 Å². The Labute approximate surface area is 189 Å².